The fraction of sp³-hybridized carbons (Fsp3) is 0.158. The van der Waals surface area contributed by atoms with Gasteiger partial charge in [-0.25, -0.2) is 14.3 Å². The number of carbonyl (C=O) groups excluding carboxylic acids is 1. The zero-order valence-corrected chi connectivity index (χ0v) is 14.7. The zero-order chi connectivity index (χ0) is 19.1. The quantitative estimate of drug-likeness (QED) is 0.576. The Kier molecular flexibility index (Phi) is 3.88. The lowest BCUT2D eigenvalue weighted by molar-refractivity contribution is 0.0697. The summed E-state index contributed by atoms with van der Waals surface area (Å²) in [4.78, 5) is 28.2. The van der Waals surface area contributed by atoms with E-state index in [1.165, 1.54) is 10.7 Å². The van der Waals surface area contributed by atoms with Gasteiger partial charge in [0.1, 0.15) is 22.5 Å². The summed E-state index contributed by atoms with van der Waals surface area (Å²) in [6.07, 6.45) is 4.75. The van der Waals surface area contributed by atoms with Gasteiger partial charge in [0.15, 0.2) is 5.65 Å². The van der Waals surface area contributed by atoms with Crippen molar-refractivity contribution in [1.29, 1.82) is 0 Å². The molecule has 0 saturated heterocycles. The van der Waals surface area contributed by atoms with Crippen LogP contribution < -0.4 is 5.32 Å². The van der Waals surface area contributed by atoms with E-state index in [1.54, 1.807) is 24.5 Å². The van der Waals surface area contributed by atoms with Crippen molar-refractivity contribution in [3.05, 3.63) is 64.8 Å². The van der Waals surface area contributed by atoms with Gasteiger partial charge < -0.3 is 14.8 Å². The van der Waals surface area contributed by atoms with E-state index in [2.05, 4.69) is 15.4 Å². The number of carbonyl (C=O) groups is 2. The molecule has 8 heteroatoms. The molecule has 1 aromatic carbocycles. The van der Waals surface area contributed by atoms with Crippen LogP contribution in [0.2, 0.25) is 0 Å². The third-order valence-electron chi connectivity index (χ3n) is 4.44. The minimum atomic E-state index is -1.05. The largest absolute Gasteiger partial charge is 0.478 e. The first-order valence-corrected chi connectivity index (χ1v) is 8.28. The van der Waals surface area contributed by atoms with Gasteiger partial charge in [-0.3, -0.25) is 4.79 Å². The van der Waals surface area contributed by atoms with Crippen molar-refractivity contribution in [3.8, 4) is 0 Å². The number of carboxylic acid groups (broad SMARTS) is 1. The summed E-state index contributed by atoms with van der Waals surface area (Å²) in [5.41, 5.74) is 2.86. The summed E-state index contributed by atoms with van der Waals surface area (Å²) in [5, 5.41) is 17.0. The Morgan fingerprint density at radius 3 is 2.85 bits per heavy atom. The fourth-order valence-electron chi connectivity index (χ4n) is 3.08. The van der Waals surface area contributed by atoms with Crippen LogP contribution in [0.15, 0.2) is 41.2 Å². The van der Waals surface area contributed by atoms with E-state index in [-0.39, 0.29) is 18.0 Å². The molecule has 0 aliphatic carbocycles. The molecule has 0 atom stereocenters. The highest BCUT2D eigenvalue weighted by Gasteiger charge is 2.19. The van der Waals surface area contributed by atoms with Gasteiger partial charge in [0.2, 0.25) is 0 Å². The Balaban J connectivity index is 1.64. The number of carboxylic acids is 1. The van der Waals surface area contributed by atoms with Crippen LogP contribution in [-0.2, 0) is 6.54 Å². The van der Waals surface area contributed by atoms with Gasteiger partial charge in [0, 0.05) is 23.3 Å². The molecule has 0 saturated carbocycles. The molecule has 0 aliphatic heterocycles. The number of hydrogen-bond donors (Lipinski definition) is 2. The first kappa shape index (κ1) is 16.8. The summed E-state index contributed by atoms with van der Waals surface area (Å²) < 4.78 is 7.29. The molecule has 0 bridgehead atoms. The van der Waals surface area contributed by atoms with E-state index < -0.39 is 5.97 Å². The average Bonchev–Trinajstić information content (AvgIpc) is 3.21. The molecule has 4 aromatic rings. The van der Waals surface area contributed by atoms with Crippen molar-refractivity contribution in [2.45, 2.75) is 20.4 Å². The number of aromatic carboxylic acids is 1. The monoisotopic (exact) mass is 364 g/mol. The van der Waals surface area contributed by atoms with Crippen LogP contribution in [0, 0.1) is 13.8 Å². The lowest BCUT2D eigenvalue weighted by Crippen LogP contribution is -2.22. The molecule has 4 rings (SSSR count). The number of amides is 1. The summed E-state index contributed by atoms with van der Waals surface area (Å²) >= 11 is 0. The molecular weight excluding hydrogens is 348 g/mol. The highest BCUT2D eigenvalue weighted by molar-refractivity contribution is 6.03. The number of hydrogen-bond acceptors (Lipinski definition) is 5. The molecule has 0 unspecified atom stereocenters. The van der Waals surface area contributed by atoms with Crippen LogP contribution in [0.25, 0.3) is 16.6 Å². The Labute approximate surface area is 153 Å². The van der Waals surface area contributed by atoms with Crippen molar-refractivity contribution < 1.29 is 19.1 Å². The Bertz CT molecular complexity index is 1210. The number of nitrogens with one attached hydrogen (secondary N) is 1. The number of aryl methyl sites for hydroxylation is 2. The maximum atomic E-state index is 12.5. The number of nitrogens with zero attached hydrogens (tertiary/aromatic N) is 3. The smallest absolute Gasteiger partial charge is 0.339 e. The molecule has 0 spiro atoms. The standard InChI is InChI=1S/C19H16N4O4/c1-10-6-12-11(2)15(27-16(12)13(7-10)19(25)26)9-21-18(24)14-8-22-23-5-3-4-20-17(14)23/h3-8H,9H2,1-2H3,(H,21,24)(H,25,26). The second-order valence-corrected chi connectivity index (χ2v) is 6.27. The third-order valence-corrected chi connectivity index (χ3v) is 4.44. The fourth-order valence-corrected chi connectivity index (χ4v) is 3.08. The van der Waals surface area contributed by atoms with E-state index in [0.29, 0.717) is 22.6 Å². The van der Waals surface area contributed by atoms with Crippen molar-refractivity contribution >= 4 is 28.5 Å². The van der Waals surface area contributed by atoms with Crippen LogP contribution in [0.1, 0.15) is 37.6 Å². The van der Waals surface area contributed by atoms with Crippen molar-refractivity contribution in [2.24, 2.45) is 0 Å². The second kappa shape index (κ2) is 6.24. The van der Waals surface area contributed by atoms with Gasteiger partial charge in [0.25, 0.3) is 5.91 Å². The van der Waals surface area contributed by atoms with Gasteiger partial charge in [-0.1, -0.05) is 0 Å². The van der Waals surface area contributed by atoms with Gasteiger partial charge in [-0.2, -0.15) is 5.10 Å². The molecule has 0 radical (unpaired) electrons. The number of furan rings is 1. The van der Waals surface area contributed by atoms with Crippen LogP contribution >= 0.6 is 0 Å². The summed E-state index contributed by atoms with van der Waals surface area (Å²) in [5.74, 6) is -0.875. The van der Waals surface area contributed by atoms with Crippen LogP contribution in [0.5, 0.6) is 0 Å². The van der Waals surface area contributed by atoms with Crippen LogP contribution in [0.4, 0.5) is 0 Å². The van der Waals surface area contributed by atoms with Crippen LogP contribution in [0.3, 0.4) is 0 Å². The first-order chi connectivity index (χ1) is 13.0. The lowest BCUT2D eigenvalue weighted by Gasteiger charge is -2.02. The van der Waals surface area contributed by atoms with E-state index >= 15 is 0 Å². The molecule has 3 aromatic heterocycles. The second-order valence-electron chi connectivity index (χ2n) is 6.27. The highest BCUT2D eigenvalue weighted by Crippen LogP contribution is 2.29. The molecular formula is C19H16N4O4. The Morgan fingerprint density at radius 1 is 1.26 bits per heavy atom. The molecule has 3 heterocycles. The van der Waals surface area contributed by atoms with Crippen molar-refractivity contribution in [2.75, 3.05) is 0 Å². The van der Waals surface area contributed by atoms with Gasteiger partial charge in [0.05, 0.1) is 12.7 Å². The van der Waals surface area contributed by atoms with Crippen molar-refractivity contribution in [3.63, 3.8) is 0 Å². The van der Waals surface area contributed by atoms with E-state index in [9.17, 15) is 14.7 Å². The molecule has 0 fully saturated rings. The maximum Gasteiger partial charge on any atom is 0.339 e. The predicted octanol–water partition coefficient (Wildman–Crippen LogP) is 2.72. The van der Waals surface area contributed by atoms with E-state index in [0.717, 1.165) is 16.5 Å². The summed E-state index contributed by atoms with van der Waals surface area (Å²) in [6.45, 7) is 3.80. The SMILES string of the molecule is Cc1cc(C(=O)O)c2oc(CNC(=O)c3cnn4cccnc34)c(C)c2c1. The van der Waals surface area contributed by atoms with Gasteiger partial charge in [-0.15, -0.1) is 0 Å². The molecule has 2 N–H and O–H groups in total. The molecule has 8 nitrogen and oxygen atoms in total. The summed E-state index contributed by atoms with van der Waals surface area (Å²) in [7, 11) is 0. The molecule has 0 aliphatic rings. The zero-order valence-electron chi connectivity index (χ0n) is 14.7. The van der Waals surface area contributed by atoms with Crippen molar-refractivity contribution in [1.82, 2.24) is 19.9 Å². The molecule has 1 amide bonds. The number of fused-ring (bicyclic) bond motifs is 2. The Morgan fingerprint density at radius 2 is 2.07 bits per heavy atom. The van der Waals surface area contributed by atoms with E-state index in [1.807, 2.05) is 19.9 Å². The number of aromatic nitrogens is 3. The Hall–Kier alpha value is -3.68. The van der Waals surface area contributed by atoms with Gasteiger partial charge >= 0.3 is 5.97 Å². The minimum Gasteiger partial charge on any atom is -0.478 e. The first-order valence-electron chi connectivity index (χ1n) is 8.28. The molecule has 27 heavy (non-hydrogen) atoms. The van der Waals surface area contributed by atoms with E-state index in [4.69, 9.17) is 4.42 Å². The average molecular weight is 364 g/mol. The number of rotatable bonds is 4. The van der Waals surface area contributed by atoms with Crippen LogP contribution in [-0.4, -0.2) is 31.6 Å². The molecule has 136 valence electrons. The number of benzene rings is 1. The predicted molar refractivity (Wildman–Crippen MR) is 96.8 cm³/mol. The minimum absolute atomic E-state index is 0.109. The summed E-state index contributed by atoms with van der Waals surface area (Å²) in [6, 6.07) is 5.17. The topological polar surface area (TPSA) is 110 Å². The van der Waals surface area contributed by atoms with Gasteiger partial charge in [-0.05, 0) is 37.6 Å². The lowest BCUT2D eigenvalue weighted by atomic mass is 10.0. The highest BCUT2D eigenvalue weighted by atomic mass is 16.4. The third kappa shape index (κ3) is 2.80. The normalized spacial score (nSPS) is 11.2. The maximum absolute atomic E-state index is 12.5.